The Morgan fingerprint density at radius 3 is 2.57 bits per heavy atom. The predicted octanol–water partition coefficient (Wildman–Crippen LogP) is 3.01. The van der Waals surface area contributed by atoms with Gasteiger partial charge in [-0.3, -0.25) is 4.79 Å². The second kappa shape index (κ2) is 6.21. The van der Waals surface area contributed by atoms with Crippen molar-refractivity contribution in [1.29, 1.82) is 0 Å². The summed E-state index contributed by atoms with van der Waals surface area (Å²) in [6.45, 7) is 1.84. The van der Waals surface area contributed by atoms with Crippen LogP contribution in [0.25, 0.3) is 10.4 Å². The van der Waals surface area contributed by atoms with E-state index in [0.29, 0.717) is 37.2 Å². The summed E-state index contributed by atoms with van der Waals surface area (Å²) in [7, 11) is 0. The highest BCUT2D eigenvalue weighted by atomic mass is 32.1. The first kappa shape index (κ1) is 15.8. The van der Waals surface area contributed by atoms with Crippen LogP contribution in [-0.4, -0.2) is 42.2 Å². The van der Waals surface area contributed by atoms with Gasteiger partial charge in [-0.05, 0) is 18.2 Å². The summed E-state index contributed by atoms with van der Waals surface area (Å²) in [5, 5.41) is 9.27. The Kier molecular flexibility index (Phi) is 4.27. The Labute approximate surface area is 133 Å². The van der Waals surface area contributed by atoms with Crippen molar-refractivity contribution in [3.63, 3.8) is 0 Å². The number of ether oxygens (including phenoxy) is 1. The van der Waals surface area contributed by atoms with E-state index >= 15 is 0 Å². The maximum Gasteiger partial charge on any atom is 0.264 e. The summed E-state index contributed by atoms with van der Waals surface area (Å²) < 4.78 is 45.6. The van der Waals surface area contributed by atoms with Gasteiger partial charge in [-0.25, -0.2) is 8.78 Å². The van der Waals surface area contributed by atoms with E-state index in [-0.39, 0.29) is 16.3 Å². The van der Waals surface area contributed by atoms with Crippen LogP contribution in [0.2, 0.25) is 0 Å². The molecular weight excluding hydrogens is 331 g/mol. The van der Waals surface area contributed by atoms with Crippen molar-refractivity contribution < 1.29 is 27.8 Å². The maximum atomic E-state index is 13.9. The molecule has 1 aliphatic rings. The zero-order valence-electron chi connectivity index (χ0n) is 11.8. The lowest BCUT2D eigenvalue weighted by molar-refractivity contribution is 0.0306. The molecule has 1 saturated heterocycles. The van der Waals surface area contributed by atoms with Gasteiger partial charge in [0.15, 0.2) is 17.4 Å². The first-order valence-electron chi connectivity index (χ1n) is 6.82. The van der Waals surface area contributed by atoms with E-state index in [2.05, 4.69) is 0 Å². The Bertz CT molecular complexity index is 757. The van der Waals surface area contributed by atoms with Gasteiger partial charge in [0, 0.05) is 23.5 Å². The molecule has 1 N–H and O–H groups in total. The highest BCUT2D eigenvalue weighted by Gasteiger charge is 2.23. The van der Waals surface area contributed by atoms with E-state index in [9.17, 15) is 23.1 Å². The highest BCUT2D eigenvalue weighted by molar-refractivity contribution is 7.17. The van der Waals surface area contributed by atoms with Crippen LogP contribution in [0.5, 0.6) is 5.75 Å². The maximum absolute atomic E-state index is 13.9. The number of nitrogens with zero attached hydrogens (tertiary/aromatic N) is 1. The average Bonchev–Trinajstić information content (AvgIpc) is 3.06. The minimum absolute atomic E-state index is 0.225. The van der Waals surface area contributed by atoms with E-state index in [1.54, 1.807) is 4.90 Å². The molecule has 1 aromatic heterocycles. The van der Waals surface area contributed by atoms with Crippen LogP contribution >= 0.6 is 11.3 Å². The Balaban J connectivity index is 1.92. The molecule has 1 fully saturated rings. The lowest BCUT2D eigenvalue weighted by atomic mass is 10.1. The molecule has 122 valence electrons. The van der Waals surface area contributed by atoms with E-state index < -0.39 is 23.2 Å². The number of thiophene rings is 1. The van der Waals surface area contributed by atoms with Crippen molar-refractivity contribution in [2.24, 2.45) is 0 Å². The molecule has 2 heterocycles. The van der Waals surface area contributed by atoms with Crippen LogP contribution in [0.1, 0.15) is 9.67 Å². The summed E-state index contributed by atoms with van der Waals surface area (Å²) in [6.07, 6.45) is 0. The summed E-state index contributed by atoms with van der Waals surface area (Å²) in [6, 6.07) is 3.60. The van der Waals surface area contributed by atoms with Crippen LogP contribution in [0.4, 0.5) is 13.2 Å². The molecule has 0 bridgehead atoms. The third-order valence-corrected chi connectivity index (χ3v) is 4.62. The Morgan fingerprint density at radius 1 is 1.17 bits per heavy atom. The first-order valence-corrected chi connectivity index (χ1v) is 7.64. The van der Waals surface area contributed by atoms with Gasteiger partial charge in [0.05, 0.1) is 18.1 Å². The second-order valence-corrected chi connectivity index (χ2v) is 6.03. The normalized spacial score (nSPS) is 15.0. The minimum Gasteiger partial charge on any atom is -0.503 e. The largest absolute Gasteiger partial charge is 0.503 e. The highest BCUT2D eigenvalue weighted by Crippen LogP contribution is 2.36. The monoisotopic (exact) mass is 343 g/mol. The topological polar surface area (TPSA) is 49.8 Å². The molecule has 0 spiro atoms. The van der Waals surface area contributed by atoms with E-state index in [4.69, 9.17) is 4.74 Å². The smallest absolute Gasteiger partial charge is 0.264 e. The number of phenols is 1. The molecule has 4 nitrogen and oxygen atoms in total. The van der Waals surface area contributed by atoms with Crippen LogP contribution < -0.4 is 0 Å². The van der Waals surface area contributed by atoms with Gasteiger partial charge in [0.25, 0.3) is 5.91 Å². The number of phenolic OH excluding ortho intramolecular Hbond substituents is 1. The van der Waals surface area contributed by atoms with Crippen molar-refractivity contribution in [3.05, 3.63) is 40.5 Å². The molecule has 3 rings (SSSR count). The van der Waals surface area contributed by atoms with Gasteiger partial charge in [-0.15, -0.1) is 11.3 Å². The standard InChI is InChI=1S/C15H12F3NO3S/c16-9-7-8(12(17)14(20)13(9)18)10-1-2-11(23-10)15(21)19-3-5-22-6-4-19/h1-2,7,20H,3-6H2. The van der Waals surface area contributed by atoms with Gasteiger partial charge in [-0.2, -0.15) is 4.39 Å². The van der Waals surface area contributed by atoms with Crippen molar-refractivity contribution >= 4 is 17.2 Å². The van der Waals surface area contributed by atoms with Crippen molar-refractivity contribution in [1.82, 2.24) is 4.90 Å². The summed E-state index contributed by atoms with van der Waals surface area (Å²) in [5.74, 6) is -5.83. The number of halogens is 3. The average molecular weight is 343 g/mol. The van der Waals surface area contributed by atoms with Gasteiger partial charge < -0.3 is 14.7 Å². The molecule has 1 amide bonds. The number of benzene rings is 1. The third kappa shape index (κ3) is 2.91. The number of morpholine rings is 1. The lowest BCUT2D eigenvalue weighted by Gasteiger charge is -2.26. The molecule has 0 unspecified atom stereocenters. The number of carbonyl (C=O) groups excluding carboxylic acids is 1. The van der Waals surface area contributed by atoms with E-state index in [1.165, 1.54) is 12.1 Å². The predicted molar refractivity (Wildman–Crippen MR) is 78.0 cm³/mol. The zero-order valence-corrected chi connectivity index (χ0v) is 12.6. The molecule has 0 radical (unpaired) electrons. The van der Waals surface area contributed by atoms with Crippen LogP contribution in [0.3, 0.4) is 0 Å². The Hall–Kier alpha value is -2.06. The lowest BCUT2D eigenvalue weighted by Crippen LogP contribution is -2.40. The van der Waals surface area contributed by atoms with Crippen molar-refractivity contribution in [2.45, 2.75) is 0 Å². The SMILES string of the molecule is O=C(c1ccc(-c2cc(F)c(F)c(O)c2F)s1)N1CCOCC1. The third-order valence-electron chi connectivity index (χ3n) is 3.51. The van der Waals surface area contributed by atoms with Crippen LogP contribution in [0, 0.1) is 17.5 Å². The number of hydrogen-bond donors (Lipinski definition) is 1. The molecule has 1 aromatic carbocycles. The fourth-order valence-electron chi connectivity index (χ4n) is 2.29. The fourth-order valence-corrected chi connectivity index (χ4v) is 3.27. The van der Waals surface area contributed by atoms with E-state index in [1.807, 2.05) is 0 Å². The van der Waals surface area contributed by atoms with Gasteiger partial charge >= 0.3 is 0 Å². The second-order valence-electron chi connectivity index (χ2n) is 4.95. The van der Waals surface area contributed by atoms with E-state index in [0.717, 1.165) is 11.3 Å². The summed E-state index contributed by atoms with van der Waals surface area (Å²) >= 11 is 0.953. The number of carbonyl (C=O) groups is 1. The van der Waals surface area contributed by atoms with Crippen molar-refractivity contribution in [3.8, 4) is 16.2 Å². The summed E-state index contributed by atoms with van der Waals surface area (Å²) in [5.41, 5.74) is -0.285. The van der Waals surface area contributed by atoms with Gasteiger partial charge in [-0.1, -0.05) is 0 Å². The molecule has 23 heavy (non-hydrogen) atoms. The van der Waals surface area contributed by atoms with Crippen LogP contribution in [0.15, 0.2) is 18.2 Å². The molecule has 0 saturated carbocycles. The van der Waals surface area contributed by atoms with Crippen molar-refractivity contribution in [2.75, 3.05) is 26.3 Å². The number of rotatable bonds is 2. The molecular formula is C15H12F3NO3S. The first-order chi connectivity index (χ1) is 11.0. The molecule has 2 aromatic rings. The number of hydrogen-bond acceptors (Lipinski definition) is 4. The quantitative estimate of drug-likeness (QED) is 0.853. The minimum atomic E-state index is -1.63. The number of aromatic hydroxyl groups is 1. The van der Waals surface area contributed by atoms with Gasteiger partial charge in [0.1, 0.15) is 0 Å². The fraction of sp³-hybridized carbons (Fsp3) is 0.267. The molecule has 1 aliphatic heterocycles. The number of amides is 1. The Morgan fingerprint density at radius 2 is 1.87 bits per heavy atom. The molecule has 0 aliphatic carbocycles. The van der Waals surface area contributed by atoms with Crippen LogP contribution in [-0.2, 0) is 4.74 Å². The molecule has 0 atom stereocenters. The zero-order chi connectivity index (χ0) is 16.6. The summed E-state index contributed by atoms with van der Waals surface area (Å²) in [4.78, 5) is 14.5. The molecule has 8 heteroatoms. The van der Waals surface area contributed by atoms with Gasteiger partial charge in [0.2, 0.25) is 5.82 Å².